The minimum atomic E-state index is -0.115. The number of hydrogen-bond donors (Lipinski definition) is 1. The van der Waals surface area contributed by atoms with Gasteiger partial charge in [-0.05, 0) is 29.8 Å². The van der Waals surface area contributed by atoms with Crippen LogP contribution in [0.2, 0.25) is 4.34 Å². The molecule has 0 spiro atoms. The van der Waals surface area contributed by atoms with E-state index in [4.69, 9.17) is 11.6 Å². The second-order valence-electron chi connectivity index (χ2n) is 5.22. The Balaban J connectivity index is 1.79. The normalized spacial score (nSPS) is 10.5. The number of carbonyl (C=O) groups excluding carboxylic acids is 2. The van der Waals surface area contributed by atoms with Crippen molar-refractivity contribution in [3.63, 3.8) is 0 Å². The van der Waals surface area contributed by atoms with E-state index >= 15 is 0 Å². The number of thioether (sulfide) groups is 1. The minimum absolute atomic E-state index is 0.0815. The van der Waals surface area contributed by atoms with Crippen molar-refractivity contribution >= 4 is 46.5 Å². The van der Waals surface area contributed by atoms with Crippen LogP contribution in [0.15, 0.2) is 36.4 Å². The Morgan fingerprint density at radius 1 is 1.21 bits per heavy atom. The molecule has 0 atom stereocenters. The lowest BCUT2D eigenvalue weighted by molar-refractivity contribution is -0.127. The molecule has 2 amide bonds. The third-order valence-corrected chi connectivity index (χ3v) is 5.77. The summed E-state index contributed by atoms with van der Waals surface area (Å²) in [6.07, 6.45) is 0. The van der Waals surface area contributed by atoms with Gasteiger partial charge in [-0.1, -0.05) is 23.7 Å². The number of nitrogens with one attached hydrogen (secondary N) is 1. The van der Waals surface area contributed by atoms with Crippen LogP contribution in [0.1, 0.15) is 20.8 Å². The Morgan fingerprint density at radius 3 is 2.50 bits per heavy atom. The lowest BCUT2D eigenvalue weighted by atomic mass is 10.1. The first kappa shape index (κ1) is 18.8. The highest BCUT2D eigenvalue weighted by Gasteiger charge is 2.10. The number of amides is 2. The number of rotatable bonds is 7. The Bertz CT molecular complexity index is 701. The second-order valence-corrected chi connectivity index (χ2v) is 8.01. The average Bonchev–Trinajstić information content (AvgIpc) is 3.00. The zero-order valence-electron chi connectivity index (χ0n) is 13.5. The van der Waals surface area contributed by atoms with Crippen LogP contribution < -0.4 is 5.32 Å². The van der Waals surface area contributed by atoms with Crippen molar-refractivity contribution in [3.8, 4) is 0 Å². The van der Waals surface area contributed by atoms with Gasteiger partial charge in [0.15, 0.2) is 0 Å². The summed E-state index contributed by atoms with van der Waals surface area (Å²) in [7, 11) is 3.39. The van der Waals surface area contributed by atoms with Crippen LogP contribution in [0.4, 0.5) is 0 Å². The molecular formula is C17H19ClN2O2S2. The van der Waals surface area contributed by atoms with Gasteiger partial charge < -0.3 is 10.2 Å². The Kier molecular flexibility index (Phi) is 7.15. The van der Waals surface area contributed by atoms with Gasteiger partial charge in [0.1, 0.15) is 0 Å². The molecule has 0 bridgehead atoms. The van der Waals surface area contributed by atoms with Crippen LogP contribution in [-0.4, -0.2) is 36.6 Å². The predicted molar refractivity (Wildman–Crippen MR) is 102 cm³/mol. The molecule has 128 valence electrons. The molecule has 2 aromatic rings. The molecule has 0 radical (unpaired) electrons. The smallest absolute Gasteiger partial charge is 0.251 e. The lowest BCUT2D eigenvalue weighted by Gasteiger charge is -2.17. The van der Waals surface area contributed by atoms with E-state index < -0.39 is 0 Å². The van der Waals surface area contributed by atoms with Crippen molar-refractivity contribution in [2.24, 2.45) is 0 Å². The van der Waals surface area contributed by atoms with Crippen molar-refractivity contribution in [1.82, 2.24) is 10.2 Å². The average molecular weight is 383 g/mol. The van der Waals surface area contributed by atoms with Gasteiger partial charge in [-0.15, -0.1) is 23.1 Å². The fourth-order valence-electron chi connectivity index (χ4n) is 2.05. The van der Waals surface area contributed by atoms with Crippen LogP contribution in [-0.2, 0) is 17.1 Å². The third kappa shape index (κ3) is 5.54. The maximum absolute atomic E-state index is 12.2. The molecule has 1 N–H and O–H groups in total. The molecule has 2 rings (SSSR count). The van der Waals surface area contributed by atoms with Gasteiger partial charge in [-0.25, -0.2) is 0 Å². The van der Waals surface area contributed by atoms with E-state index in [9.17, 15) is 9.59 Å². The van der Waals surface area contributed by atoms with Crippen LogP contribution in [0.5, 0.6) is 0 Å². The summed E-state index contributed by atoms with van der Waals surface area (Å²) < 4.78 is 0.772. The molecule has 24 heavy (non-hydrogen) atoms. The second kappa shape index (κ2) is 9.11. The number of benzene rings is 1. The van der Waals surface area contributed by atoms with Gasteiger partial charge in [-0.2, -0.15) is 0 Å². The summed E-state index contributed by atoms with van der Waals surface area (Å²) in [6.45, 7) is 0.526. The topological polar surface area (TPSA) is 49.4 Å². The van der Waals surface area contributed by atoms with E-state index in [1.54, 1.807) is 54.2 Å². The summed E-state index contributed by atoms with van der Waals surface area (Å²) in [5, 5.41) is 2.58. The molecule has 4 nitrogen and oxygen atoms in total. The van der Waals surface area contributed by atoms with E-state index in [-0.39, 0.29) is 11.8 Å². The van der Waals surface area contributed by atoms with Crippen LogP contribution >= 0.6 is 34.7 Å². The molecule has 1 aromatic heterocycles. The van der Waals surface area contributed by atoms with Crippen molar-refractivity contribution in [2.75, 3.05) is 19.8 Å². The molecule has 7 heteroatoms. The van der Waals surface area contributed by atoms with Crippen molar-refractivity contribution < 1.29 is 9.59 Å². The Labute approximate surface area is 155 Å². The van der Waals surface area contributed by atoms with Gasteiger partial charge in [0.05, 0.1) is 10.1 Å². The first-order chi connectivity index (χ1) is 11.5. The summed E-state index contributed by atoms with van der Waals surface area (Å²) in [6, 6.07) is 11.1. The quantitative estimate of drug-likeness (QED) is 0.795. The van der Waals surface area contributed by atoms with Gasteiger partial charge in [0, 0.05) is 36.8 Å². The zero-order chi connectivity index (χ0) is 17.5. The Morgan fingerprint density at radius 2 is 1.92 bits per heavy atom. The molecule has 0 unspecified atom stereocenters. The monoisotopic (exact) mass is 382 g/mol. The van der Waals surface area contributed by atoms with Crippen molar-refractivity contribution in [1.29, 1.82) is 0 Å². The summed E-state index contributed by atoms with van der Waals surface area (Å²) in [5.41, 5.74) is 1.61. The highest BCUT2D eigenvalue weighted by Crippen LogP contribution is 2.25. The van der Waals surface area contributed by atoms with Crippen molar-refractivity contribution in [3.05, 3.63) is 56.7 Å². The standard InChI is InChI=1S/C17H19ClN2O2S2/c1-19-17(22)13-5-3-12(4-6-13)9-20(2)16(21)11-23-10-14-7-8-15(18)24-14/h3-8H,9-11H2,1-2H3,(H,19,22). The fourth-order valence-corrected chi connectivity index (χ4v) is 4.21. The van der Waals surface area contributed by atoms with E-state index in [1.165, 1.54) is 4.88 Å². The molecule has 0 aliphatic rings. The van der Waals surface area contributed by atoms with E-state index in [1.807, 2.05) is 24.3 Å². The number of nitrogens with zero attached hydrogens (tertiary/aromatic N) is 1. The van der Waals surface area contributed by atoms with Crippen LogP contribution in [0, 0.1) is 0 Å². The highest BCUT2D eigenvalue weighted by molar-refractivity contribution is 7.99. The summed E-state index contributed by atoms with van der Waals surface area (Å²) >= 11 is 9.02. The van der Waals surface area contributed by atoms with Crippen LogP contribution in [0.3, 0.4) is 0 Å². The number of hydrogen-bond acceptors (Lipinski definition) is 4. The lowest BCUT2D eigenvalue weighted by Crippen LogP contribution is -2.27. The number of halogens is 1. The molecule has 0 fully saturated rings. The predicted octanol–water partition coefficient (Wildman–Crippen LogP) is 3.65. The fraction of sp³-hybridized carbons (Fsp3) is 0.294. The molecule has 1 aromatic carbocycles. The molecule has 0 saturated carbocycles. The number of thiophene rings is 1. The highest BCUT2D eigenvalue weighted by atomic mass is 35.5. The van der Waals surface area contributed by atoms with Gasteiger partial charge in [-0.3, -0.25) is 9.59 Å². The molecule has 0 aliphatic carbocycles. The first-order valence-corrected chi connectivity index (χ1v) is 9.71. The molecule has 0 saturated heterocycles. The van der Waals surface area contributed by atoms with Gasteiger partial charge in [0.25, 0.3) is 5.91 Å². The molecule has 0 aliphatic heterocycles. The maximum atomic E-state index is 12.2. The minimum Gasteiger partial charge on any atom is -0.355 e. The van der Waals surface area contributed by atoms with Gasteiger partial charge >= 0.3 is 0 Å². The van der Waals surface area contributed by atoms with Gasteiger partial charge in [0.2, 0.25) is 5.91 Å². The third-order valence-electron chi connectivity index (χ3n) is 3.39. The van der Waals surface area contributed by atoms with E-state index in [2.05, 4.69) is 5.32 Å². The number of carbonyl (C=O) groups is 2. The molecule has 1 heterocycles. The van der Waals surface area contributed by atoms with E-state index in [0.29, 0.717) is 17.9 Å². The Hall–Kier alpha value is -1.50. The summed E-state index contributed by atoms with van der Waals surface area (Å²) in [4.78, 5) is 26.6. The zero-order valence-corrected chi connectivity index (χ0v) is 15.9. The van der Waals surface area contributed by atoms with Crippen molar-refractivity contribution in [2.45, 2.75) is 12.3 Å². The molecular weight excluding hydrogens is 364 g/mol. The maximum Gasteiger partial charge on any atom is 0.251 e. The first-order valence-electron chi connectivity index (χ1n) is 7.36. The summed E-state index contributed by atoms with van der Waals surface area (Å²) in [5.74, 6) is 1.19. The SMILES string of the molecule is CNC(=O)c1ccc(CN(C)C(=O)CSCc2ccc(Cl)s2)cc1. The largest absolute Gasteiger partial charge is 0.355 e. The van der Waals surface area contributed by atoms with E-state index in [0.717, 1.165) is 15.7 Å². The van der Waals surface area contributed by atoms with Crippen LogP contribution in [0.25, 0.3) is 0 Å².